The van der Waals surface area contributed by atoms with Crippen LogP contribution in [0, 0.1) is 10.1 Å². The number of hydrogen-bond acceptors (Lipinski definition) is 4. The Kier molecular flexibility index (Phi) is 4.11. The van der Waals surface area contributed by atoms with E-state index in [1.165, 1.54) is 6.07 Å². The average molecular weight is 263 g/mol. The molecule has 1 saturated heterocycles. The Balaban J connectivity index is 2.13. The molecule has 1 aliphatic rings. The second kappa shape index (κ2) is 5.79. The lowest BCUT2D eigenvalue weighted by Gasteiger charge is -2.23. The van der Waals surface area contributed by atoms with E-state index in [0.29, 0.717) is 18.7 Å². The lowest BCUT2D eigenvalue weighted by molar-refractivity contribution is -0.385. The first-order valence-electron chi connectivity index (χ1n) is 6.35. The molecular formula is C13H17N3O3. The topological polar surface area (TPSA) is 89.5 Å². The highest BCUT2D eigenvalue weighted by Crippen LogP contribution is 2.22. The first-order chi connectivity index (χ1) is 9.13. The number of rotatable bonds is 4. The van der Waals surface area contributed by atoms with E-state index in [1.807, 2.05) is 0 Å². The molecule has 19 heavy (non-hydrogen) atoms. The molecule has 0 bridgehead atoms. The van der Waals surface area contributed by atoms with Crippen LogP contribution in [0.25, 0.3) is 0 Å². The Morgan fingerprint density at radius 2 is 2.21 bits per heavy atom. The van der Waals surface area contributed by atoms with Gasteiger partial charge in [0.15, 0.2) is 0 Å². The lowest BCUT2D eigenvalue weighted by atomic mass is 10.1. The van der Waals surface area contributed by atoms with E-state index in [2.05, 4.69) is 0 Å². The summed E-state index contributed by atoms with van der Waals surface area (Å²) in [6.45, 7) is 1.14. The zero-order valence-electron chi connectivity index (χ0n) is 10.6. The van der Waals surface area contributed by atoms with Crippen molar-refractivity contribution in [3.8, 4) is 0 Å². The second-order valence-corrected chi connectivity index (χ2v) is 4.68. The van der Waals surface area contributed by atoms with Crippen molar-refractivity contribution in [2.75, 3.05) is 13.1 Å². The zero-order chi connectivity index (χ0) is 13.8. The molecule has 1 aliphatic heterocycles. The first kappa shape index (κ1) is 13.5. The minimum Gasteiger partial charge on any atom is -0.338 e. The minimum absolute atomic E-state index is 0.000606. The van der Waals surface area contributed by atoms with Crippen LogP contribution < -0.4 is 5.73 Å². The Labute approximate surface area is 111 Å². The van der Waals surface area contributed by atoms with Crippen LogP contribution in [-0.4, -0.2) is 34.9 Å². The van der Waals surface area contributed by atoms with E-state index in [-0.39, 0.29) is 24.1 Å². The van der Waals surface area contributed by atoms with Gasteiger partial charge in [-0.15, -0.1) is 0 Å². The van der Waals surface area contributed by atoms with Gasteiger partial charge in [-0.25, -0.2) is 0 Å². The van der Waals surface area contributed by atoms with Gasteiger partial charge in [0.25, 0.3) is 5.69 Å². The highest BCUT2D eigenvalue weighted by molar-refractivity contribution is 5.80. The van der Waals surface area contributed by atoms with Crippen LogP contribution in [0.3, 0.4) is 0 Å². The van der Waals surface area contributed by atoms with E-state index < -0.39 is 4.92 Å². The maximum atomic E-state index is 12.2. The van der Waals surface area contributed by atoms with Gasteiger partial charge < -0.3 is 10.6 Å². The number of nitro groups is 1. The first-order valence-corrected chi connectivity index (χ1v) is 6.35. The largest absolute Gasteiger partial charge is 0.338 e. The van der Waals surface area contributed by atoms with Crippen molar-refractivity contribution >= 4 is 11.6 Å². The van der Waals surface area contributed by atoms with Gasteiger partial charge in [0, 0.05) is 30.8 Å². The molecule has 1 aromatic carbocycles. The van der Waals surface area contributed by atoms with E-state index >= 15 is 0 Å². The molecule has 102 valence electrons. The number of carbonyl (C=O) groups excluding carboxylic acids is 1. The smallest absolute Gasteiger partial charge is 0.273 e. The van der Waals surface area contributed by atoms with Crippen LogP contribution in [-0.2, 0) is 11.2 Å². The molecule has 0 radical (unpaired) electrons. The van der Waals surface area contributed by atoms with Gasteiger partial charge >= 0.3 is 0 Å². The lowest BCUT2D eigenvalue weighted by Crippen LogP contribution is -2.40. The summed E-state index contributed by atoms with van der Waals surface area (Å²) in [5, 5.41) is 10.9. The number of benzene rings is 1. The second-order valence-electron chi connectivity index (χ2n) is 4.68. The molecule has 6 heteroatoms. The van der Waals surface area contributed by atoms with Gasteiger partial charge in [-0.3, -0.25) is 14.9 Å². The van der Waals surface area contributed by atoms with Crippen LogP contribution in [0.5, 0.6) is 0 Å². The number of amides is 1. The normalized spacial score (nSPS) is 18.6. The average Bonchev–Trinajstić information content (AvgIpc) is 2.87. The summed E-state index contributed by atoms with van der Waals surface area (Å²) in [6.07, 6.45) is 1.93. The van der Waals surface area contributed by atoms with Crippen molar-refractivity contribution in [3.05, 3.63) is 39.9 Å². The molecule has 0 aliphatic carbocycles. The van der Waals surface area contributed by atoms with Crippen molar-refractivity contribution in [1.29, 1.82) is 0 Å². The minimum atomic E-state index is -0.451. The highest BCUT2D eigenvalue weighted by atomic mass is 16.6. The van der Waals surface area contributed by atoms with Crippen molar-refractivity contribution in [2.45, 2.75) is 25.3 Å². The monoisotopic (exact) mass is 263 g/mol. The van der Waals surface area contributed by atoms with Gasteiger partial charge in [0.1, 0.15) is 0 Å². The number of likely N-dealkylation sites (tertiary alicyclic amines) is 1. The number of nitrogens with zero attached hydrogens (tertiary/aromatic N) is 2. The van der Waals surface area contributed by atoms with Gasteiger partial charge in [-0.05, 0) is 12.8 Å². The zero-order valence-corrected chi connectivity index (χ0v) is 10.6. The number of nitro benzene ring substituents is 1. The highest BCUT2D eigenvalue weighted by Gasteiger charge is 2.28. The predicted molar refractivity (Wildman–Crippen MR) is 70.6 cm³/mol. The quantitative estimate of drug-likeness (QED) is 0.650. The summed E-state index contributed by atoms with van der Waals surface area (Å²) < 4.78 is 0. The molecule has 2 N–H and O–H groups in total. The third kappa shape index (κ3) is 2.90. The van der Waals surface area contributed by atoms with Crippen molar-refractivity contribution in [3.63, 3.8) is 0 Å². The fraction of sp³-hybridized carbons (Fsp3) is 0.462. The summed E-state index contributed by atoms with van der Waals surface area (Å²) in [4.78, 5) is 24.4. The molecule has 1 aromatic rings. The Morgan fingerprint density at radius 3 is 2.89 bits per heavy atom. The third-order valence-electron chi connectivity index (χ3n) is 3.50. The Morgan fingerprint density at radius 1 is 1.47 bits per heavy atom. The van der Waals surface area contributed by atoms with Crippen LogP contribution in [0.15, 0.2) is 24.3 Å². The van der Waals surface area contributed by atoms with Crippen molar-refractivity contribution in [2.24, 2.45) is 5.73 Å². The summed E-state index contributed by atoms with van der Waals surface area (Å²) in [6, 6.07) is 6.44. The summed E-state index contributed by atoms with van der Waals surface area (Å²) in [5.41, 5.74) is 6.09. The fourth-order valence-electron chi connectivity index (χ4n) is 2.51. The molecule has 2 rings (SSSR count). The number of nitrogens with two attached hydrogens (primary N) is 1. The summed E-state index contributed by atoms with van der Waals surface area (Å²) >= 11 is 0. The third-order valence-corrected chi connectivity index (χ3v) is 3.50. The van der Waals surface area contributed by atoms with Crippen LogP contribution in [0.4, 0.5) is 5.69 Å². The predicted octanol–water partition coefficient (Wildman–Crippen LogP) is 1.09. The van der Waals surface area contributed by atoms with Crippen LogP contribution in [0.1, 0.15) is 18.4 Å². The summed E-state index contributed by atoms with van der Waals surface area (Å²) in [7, 11) is 0. The van der Waals surface area contributed by atoms with Crippen molar-refractivity contribution in [1.82, 2.24) is 4.90 Å². The van der Waals surface area contributed by atoms with Crippen molar-refractivity contribution < 1.29 is 9.72 Å². The maximum absolute atomic E-state index is 12.2. The van der Waals surface area contributed by atoms with Crippen LogP contribution >= 0.6 is 0 Å². The Hall–Kier alpha value is -1.95. The molecule has 1 atom stereocenters. The van der Waals surface area contributed by atoms with Gasteiger partial charge in [-0.1, -0.05) is 18.2 Å². The molecular weight excluding hydrogens is 246 g/mol. The van der Waals surface area contributed by atoms with Crippen LogP contribution in [0.2, 0.25) is 0 Å². The van der Waals surface area contributed by atoms with E-state index in [4.69, 9.17) is 5.73 Å². The fourth-order valence-corrected chi connectivity index (χ4v) is 2.51. The van der Waals surface area contributed by atoms with E-state index in [1.54, 1.807) is 23.1 Å². The molecule has 1 fully saturated rings. The number of hydrogen-bond donors (Lipinski definition) is 1. The maximum Gasteiger partial charge on any atom is 0.273 e. The summed E-state index contributed by atoms with van der Waals surface area (Å²) in [5.74, 6) is -0.0812. The Bertz CT molecular complexity index is 490. The molecule has 1 unspecified atom stereocenters. The molecule has 6 nitrogen and oxygen atoms in total. The van der Waals surface area contributed by atoms with E-state index in [9.17, 15) is 14.9 Å². The number of para-hydroxylation sites is 1. The molecule has 0 saturated carbocycles. The number of carbonyl (C=O) groups is 1. The molecule has 1 heterocycles. The van der Waals surface area contributed by atoms with Gasteiger partial charge in [-0.2, -0.15) is 0 Å². The molecule has 0 aromatic heterocycles. The van der Waals surface area contributed by atoms with E-state index in [0.717, 1.165) is 12.8 Å². The SMILES string of the molecule is NCC1CCCN1C(=O)Cc1ccccc1[N+](=O)[O-]. The van der Waals surface area contributed by atoms with Gasteiger partial charge in [0.2, 0.25) is 5.91 Å². The molecule has 1 amide bonds. The standard InChI is InChI=1S/C13H17N3O3/c14-9-11-5-3-7-15(11)13(17)8-10-4-1-2-6-12(10)16(18)19/h1-2,4,6,11H,3,5,7-9,14H2. The molecule has 0 spiro atoms. The van der Waals surface area contributed by atoms with Gasteiger partial charge in [0.05, 0.1) is 11.3 Å².